The molecule has 13 N–H and O–H groups in total. The Morgan fingerprint density at radius 1 is 0.692 bits per heavy atom. The van der Waals surface area contributed by atoms with Gasteiger partial charge >= 0.3 is 22.5 Å². The van der Waals surface area contributed by atoms with Crippen LogP contribution < -0.4 is 43.4 Å². The van der Waals surface area contributed by atoms with Crippen molar-refractivity contribution in [2.75, 3.05) is 97.9 Å². The van der Waals surface area contributed by atoms with Gasteiger partial charge in [-0.1, -0.05) is 6.92 Å². The average molecular weight is 1170 g/mol. The maximum atomic E-state index is 13.2. The molecule has 32 heteroatoms. The summed E-state index contributed by atoms with van der Waals surface area (Å²) in [7, 11) is -6.71. The molecule has 29 nitrogen and oxygen atoms in total. The van der Waals surface area contributed by atoms with Gasteiger partial charge in [0.1, 0.15) is 6.04 Å². The van der Waals surface area contributed by atoms with Gasteiger partial charge in [0.25, 0.3) is 0 Å². The van der Waals surface area contributed by atoms with Crippen LogP contribution >= 0.6 is 28.3 Å². The first-order chi connectivity index (χ1) is 37.2. The van der Waals surface area contributed by atoms with Gasteiger partial charge < -0.3 is 67.4 Å². The molecular weight excluding hydrogens is 1090 g/mol. The highest BCUT2D eigenvalue weighted by molar-refractivity contribution is 8.00. The molecule has 0 bridgehead atoms. The Bertz CT molecular complexity index is 1930. The van der Waals surface area contributed by atoms with Crippen molar-refractivity contribution in [1.29, 1.82) is 0 Å². The zero-order valence-corrected chi connectivity index (χ0v) is 46.9. The summed E-state index contributed by atoms with van der Waals surface area (Å²) in [5.74, 6) is -6.82. The van der Waals surface area contributed by atoms with Gasteiger partial charge in [0.15, 0.2) is 0 Å². The zero-order valence-electron chi connectivity index (χ0n) is 44.3. The lowest BCUT2D eigenvalue weighted by Gasteiger charge is -2.30. The fourth-order valence-electron chi connectivity index (χ4n) is 7.82. The van der Waals surface area contributed by atoms with Crippen LogP contribution in [0.4, 0.5) is 0 Å². The monoisotopic (exact) mass is 1170 g/mol. The SMILES string of the molecule is CCCOCCOCCNC(=O)CCC(=O)NCCOCCOCCNC(=O)CCC(=O)N[C@@H](CCCCNC(=O)[C@H](N)CSC1CC(=O)N(CC2CCC(C(=O)NCCCC(O)(O[P+](=O)O)O[P+](=O)O)CC2)C1=O)C(N)=O. The fourth-order valence-corrected chi connectivity index (χ4v) is 9.74. The van der Waals surface area contributed by atoms with E-state index in [1.807, 2.05) is 6.92 Å². The molecule has 1 aliphatic carbocycles. The quantitative estimate of drug-likeness (QED) is 0.0143. The Kier molecular flexibility index (Phi) is 36.4. The molecule has 1 heterocycles. The summed E-state index contributed by atoms with van der Waals surface area (Å²) in [6.45, 7) is 6.12. The molecule has 78 heavy (non-hydrogen) atoms. The van der Waals surface area contributed by atoms with Gasteiger partial charge in [-0.15, -0.1) is 21.5 Å². The summed E-state index contributed by atoms with van der Waals surface area (Å²) in [5.41, 5.74) is 11.6. The Morgan fingerprint density at radius 2 is 1.19 bits per heavy atom. The molecule has 9 amide bonds. The molecule has 2 aliphatic rings. The molecular formula is C46H81N9O20P2S+2. The molecule has 444 valence electrons. The number of unbranched alkanes of at least 4 members (excludes halogenated alkanes) is 1. The number of nitrogens with one attached hydrogen (secondary N) is 6. The number of hydrogen-bond acceptors (Lipinski definition) is 20. The van der Waals surface area contributed by atoms with Crippen LogP contribution in [0.2, 0.25) is 0 Å². The Morgan fingerprint density at radius 3 is 1.69 bits per heavy atom. The third kappa shape index (κ3) is 32.0. The number of amides is 9. The van der Waals surface area contributed by atoms with E-state index in [2.05, 4.69) is 40.9 Å². The van der Waals surface area contributed by atoms with Crippen molar-refractivity contribution in [1.82, 2.24) is 36.8 Å². The predicted octanol–water partition coefficient (Wildman–Crippen LogP) is -1.50. The number of ether oxygens (including phenoxy) is 4. The molecule has 3 unspecified atom stereocenters. The second kappa shape index (κ2) is 40.7. The van der Waals surface area contributed by atoms with Gasteiger partial charge in [-0.2, -0.15) is 0 Å². The predicted molar refractivity (Wildman–Crippen MR) is 279 cm³/mol. The minimum atomic E-state index is -3.36. The molecule has 1 aliphatic heterocycles. The summed E-state index contributed by atoms with van der Waals surface area (Å²) < 4.78 is 52.0. The van der Waals surface area contributed by atoms with Crippen LogP contribution in [0.25, 0.3) is 0 Å². The Labute approximate surface area is 459 Å². The lowest BCUT2D eigenvalue weighted by atomic mass is 9.81. The first-order valence-corrected chi connectivity index (χ1v) is 29.4. The number of likely N-dealkylation sites (tertiary alicyclic amines) is 1. The smallest absolute Gasteiger partial charge is 0.379 e. The van der Waals surface area contributed by atoms with Crippen molar-refractivity contribution >= 4 is 81.4 Å². The second-order valence-electron chi connectivity index (χ2n) is 18.3. The largest absolute Gasteiger partial charge is 0.700 e. The highest BCUT2D eigenvalue weighted by Crippen LogP contribution is 2.36. The number of hydrogen-bond donors (Lipinski definition) is 11. The van der Waals surface area contributed by atoms with Gasteiger partial charge in [-0.25, -0.2) is 0 Å². The van der Waals surface area contributed by atoms with Gasteiger partial charge in [0.2, 0.25) is 53.2 Å². The summed E-state index contributed by atoms with van der Waals surface area (Å²) >= 11 is 1.11. The molecule has 2 fully saturated rings. The van der Waals surface area contributed by atoms with Crippen molar-refractivity contribution in [3.63, 3.8) is 0 Å². The minimum absolute atomic E-state index is 0.00388. The molecule has 1 saturated heterocycles. The average Bonchev–Trinajstić information content (AvgIpc) is 3.68. The highest BCUT2D eigenvalue weighted by Gasteiger charge is 2.47. The lowest BCUT2D eigenvalue weighted by molar-refractivity contribution is -0.277. The van der Waals surface area contributed by atoms with Gasteiger partial charge in [-0.05, 0) is 72.8 Å². The van der Waals surface area contributed by atoms with E-state index in [0.717, 1.165) is 18.2 Å². The molecule has 0 aromatic rings. The van der Waals surface area contributed by atoms with E-state index < -0.39 is 69.9 Å². The van der Waals surface area contributed by atoms with Crippen LogP contribution in [-0.4, -0.2) is 194 Å². The van der Waals surface area contributed by atoms with E-state index in [9.17, 15) is 57.4 Å². The summed E-state index contributed by atoms with van der Waals surface area (Å²) in [6.07, 6.45) is 3.24. The van der Waals surface area contributed by atoms with E-state index in [1.54, 1.807) is 0 Å². The van der Waals surface area contributed by atoms with E-state index in [0.29, 0.717) is 71.5 Å². The normalized spacial score (nSPS) is 18.3. The molecule has 0 aromatic carbocycles. The molecule has 0 aromatic heterocycles. The number of rotatable bonds is 45. The summed E-state index contributed by atoms with van der Waals surface area (Å²) in [4.78, 5) is 131. The second-order valence-corrected chi connectivity index (χ2v) is 20.8. The van der Waals surface area contributed by atoms with E-state index in [-0.39, 0.29) is 151 Å². The molecule has 5 atom stereocenters. The van der Waals surface area contributed by atoms with Gasteiger partial charge in [0, 0.05) is 105 Å². The molecule has 0 spiro atoms. The Balaban J connectivity index is 1.50. The van der Waals surface area contributed by atoms with E-state index >= 15 is 0 Å². The topological polar surface area (TPSA) is 431 Å². The number of aliphatic hydroxyl groups is 1. The number of nitrogens with two attached hydrogens (primary N) is 2. The number of nitrogens with zero attached hydrogens (tertiary/aromatic N) is 1. The van der Waals surface area contributed by atoms with Crippen LogP contribution in [0.3, 0.4) is 0 Å². The zero-order chi connectivity index (χ0) is 57.7. The van der Waals surface area contributed by atoms with Crippen LogP contribution in [0.1, 0.15) is 103 Å². The number of thioether (sulfide) groups is 1. The lowest BCUT2D eigenvalue weighted by Crippen LogP contribution is -2.45. The maximum absolute atomic E-state index is 13.2. The van der Waals surface area contributed by atoms with Crippen LogP contribution in [0, 0.1) is 11.8 Å². The first-order valence-electron chi connectivity index (χ1n) is 26.1. The summed E-state index contributed by atoms with van der Waals surface area (Å²) in [5, 5.41) is 25.3. The minimum Gasteiger partial charge on any atom is -0.379 e. The number of primary amides is 1. The number of carbonyl (C=O) groups is 9. The summed E-state index contributed by atoms with van der Waals surface area (Å²) in [6, 6.07) is -1.99. The van der Waals surface area contributed by atoms with Gasteiger partial charge in [0.05, 0.1) is 57.5 Å². The standard InChI is InChI=1S/C46H79N9O20P2S/c1-2-21-70-25-26-71-22-18-49-37(56)11-12-38(57)50-19-23-72-27-28-73-24-20-51-39(58)13-14-40(59)54-35(42(48)61)6-3-4-16-53-44(63)34(47)31-78-36-29-41(60)55(45(36)64)30-32-7-9-33(10-8-32)43(62)52-17-5-15-46(65,74-76(66)67)75-77(68)69/h32-36,65H,2-31,47H2,1H3,(H8-2,48,49,50,51,52,53,54,56,57,58,59,61,62,63,66,67,68,69)/p+2/t32?,33?,34-,35+,36?/m1/s1. The molecule has 2 rings (SSSR count). The highest BCUT2D eigenvalue weighted by atomic mass is 32.2. The first kappa shape index (κ1) is 69.7. The number of carbonyl (C=O) groups excluding carboxylic acids is 9. The van der Waals surface area contributed by atoms with Crippen molar-refractivity contribution in [3.8, 4) is 0 Å². The molecule has 1 saturated carbocycles. The van der Waals surface area contributed by atoms with Crippen molar-refractivity contribution in [3.05, 3.63) is 0 Å². The van der Waals surface area contributed by atoms with Crippen LogP contribution in [0.5, 0.6) is 0 Å². The third-order valence-corrected chi connectivity index (χ3v) is 14.1. The van der Waals surface area contributed by atoms with E-state index in [4.69, 9.17) is 40.2 Å². The van der Waals surface area contributed by atoms with Gasteiger partial charge in [-0.3, -0.25) is 48.1 Å². The third-order valence-electron chi connectivity index (χ3n) is 11.9. The fraction of sp³-hybridized carbons (Fsp3) is 0.804. The van der Waals surface area contributed by atoms with Crippen LogP contribution in [0.15, 0.2) is 0 Å². The van der Waals surface area contributed by atoms with Crippen LogP contribution in [-0.2, 0) is 80.3 Å². The van der Waals surface area contributed by atoms with Crippen molar-refractivity contribution in [2.24, 2.45) is 23.3 Å². The number of imide groups is 1. The van der Waals surface area contributed by atoms with Crippen molar-refractivity contribution < 1.29 is 95.2 Å². The Hall–Kier alpha value is -4.42. The molecule has 0 radical (unpaired) electrons. The van der Waals surface area contributed by atoms with E-state index in [1.165, 1.54) is 4.90 Å². The van der Waals surface area contributed by atoms with Crippen molar-refractivity contribution in [2.45, 2.75) is 127 Å². The maximum Gasteiger partial charge on any atom is 0.700 e.